The van der Waals surface area contributed by atoms with E-state index in [4.69, 9.17) is 14.5 Å². The first-order valence-electron chi connectivity index (χ1n) is 20.2. The van der Waals surface area contributed by atoms with Gasteiger partial charge in [-0.25, -0.2) is 14.2 Å². The van der Waals surface area contributed by atoms with E-state index in [1.165, 1.54) is 11.6 Å². The van der Waals surface area contributed by atoms with Gasteiger partial charge in [0.05, 0.1) is 55.3 Å². The third kappa shape index (κ3) is 7.05. The molecule has 0 spiro atoms. The Bertz CT molecular complexity index is 2160. The SMILES string of the molecule is CC[C@@]1(O)C(=O)OCC2=C1C=C1c3nc4cc(F)c5c(c4c(C)c3CN1[C@@H]2O)N(CCN1CC[N+](C)(Cc2ccc(NC(=O)[C@H](C)NC(C)C)cc2)CC1)CCO5. The molecule has 0 saturated carbocycles. The summed E-state index contributed by atoms with van der Waals surface area (Å²) in [6.07, 6.45) is 0.725. The topological polar surface area (TPSA) is 140 Å². The number of aromatic nitrogens is 1. The number of benzene rings is 2. The lowest BCUT2D eigenvalue weighted by molar-refractivity contribution is -0.926. The summed E-state index contributed by atoms with van der Waals surface area (Å²) >= 11 is 0. The number of hydrogen-bond donors (Lipinski definition) is 4. The summed E-state index contributed by atoms with van der Waals surface area (Å²) in [6, 6.07) is 9.56. The molecule has 0 unspecified atom stereocenters. The van der Waals surface area contributed by atoms with Crippen molar-refractivity contribution in [2.75, 3.05) is 76.3 Å². The molecular formula is C43H55FN7O6+. The molecule has 5 aliphatic heterocycles. The zero-order valence-electron chi connectivity index (χ0n) is 33.8. The van der Waals surface area contributed by atoms with Crippen molar-refractivity contribution >= 4 is 39.9 Å². The highest BCUT2D eigenvalue weighted by Crippen LogP contribution is 2.49. The van der Waals surface area contributed by atoms with Gasteiger partial charge in [-0.3, -0.25) is 9.69 Å². The minimum Gasteiger partial charge on any atom is -0.486 e. The number of halogens is 1. The Hall–Kier alpha value is -4.60. The number of amides is 1. The van der Waals surface area contributed by atoms with Crippen LogP contribution in [-0.4, -0.2) is 131 Å². The highest BCUT2D eigenvalue weighted by Gasteiger charge is 2.49. The number of aryl methyl sites for hydroxylation is 1. The fourth-order valence-electron chi connectivity index (χ4n) is 9.17. The third-order valence-electron chi connectivity index (χ3n) is 12.6. The molecule has 57 heavy (non-hydrogen) atoms. The number of nitrogens with zero attached hydrogens (tertiary/aromatic N) is 5. The number of anilines is 2. The molecule has 3 aromatic rings. The van der Waals surface area contributed by atoms with Crippen LogP contribution in [0.1, 0.15) is 56.5 Å². The Morgan fingerprint density at radius 3 is 2.56 bits per heavy atom. The first-order chi connectivity index (χ1) is 27.2. The van der Waals surface area contributed by atoms with Crippen molar-refractivity contribution in [2.45, 2.75) is 78.0 Å². The normalized spacial score (nSPS) is 23.4. The predicted molar refractivity (Wildman–Crippen MR) is 216 cm³/mol. The van der Waals surface area contributed by atoms with Crippen LogP contribution in [0.4, 0.5) is 15.8 Å². The quantitative estimate of drug-likeness (QED) is 0.177. The fraction of sp³-hybridized carbons (Fsp3) is 0.512. The van der Waals surface area contributed by atoms with Crippen LogP contribution in [-0.2, 0) is 27.4 Å². The number of nitrogens with one attached hydrogen (secondary N) is 2. The van der Waals surface area contributed by atoms with Crippen LogP contribution in [0.2, 0.25) is 0 Å². The van der Waals surface area contributed by atoms with Crippen LogP contribution in [0.5, 0.6) is 5.75 Å². The summed E-state index contributed by atoms with van der Waals surface area (Å²) in [5, 5.41) is 29.9. The molecule has 0 aliphatic carbocycles. The predicted octanol–water partition coefficient (Wildman–Crippen LogP) is 3.65. The summed E-state index contributed by atoms with van der Waals surface area (Å²) in [4.78, 5) is 36.8. The smallest absolute Gasteiger partial charge is 0.343 e. The van der Waals surface area contributed by atoms with Gasteiger partial charge in [0, 0.05) is 78.2 Å². The molecule has 13 nitrogen and oxygen atoms in total. The Kier molecular flexibility index (Phi) is 10.3. The van der Waals surface area contributed by atoms with Crippen molar-refractivity contribution in [3.05, 3.63) is 75.8 Å². The highest BCUT2D eigenvalue weighted by atomic mass is 19.1. The lowest BCUT2D eigenvalue weighted by Gasteiger charge is -2.43. The number of carbonyl (C=O) groups is 2. The second kappa shape index (κ2) is 15.0. The third-order valence-corrected chi connectivity index (χ3v) is 12.6. The minimum atomic E-state index is -1.87. The van der Waals surface area contributed by atoms with E-state index in [2.05, 4.69) is 39.6 Å². The van der Waals surface area contributed by atoms with Crippen molar-refractivity contribution in [3.8, 4) is 5.75 Å². The van der Waals surface area contributed by atoms with E-state index in [1.54, 1.807) is 17.9 Å². The zero-order chi connectivity index (χ0) is 40.4. The molecule has 0 radical (unpaired) electrons. The number of fused-ring (bicyclic) bond motifs is 6. The van der Waals surface area contributed by atoms with Crippen molar-refractivity contribution < 1.29 is 38.1 Å². The van der Waals surface area contributed by atoms with Crippen LogP contribution >= 0.6 is 0 Å². The summed E-state index contributed by atoms with van der Waals surface area (Å²) < 4.78 is 28.1. The molecule has 5 aliphatic rings. The number of quaternary nitrogens is 1. The highest BCUT2D eigenvalue weighted by molar-refractivity contribution is 6.01. The number of rotatable bonds is 10. The maximum Gasteiger partial charge on any atom is 0.343 e. The Balaban J connectivity index is 0.963. The number of likely N-dealkylation sites (N-methyl/N-ethyl adjacent to an activating group) is 1. The van der Waals surface area contributed by atoms with E-state index >= 15 is 4.39 Å². The summed E-state index contributed by atoms with van der Waals surface area (Å²) in [5.41, 5.74) is 5.20. The molecule has 304 valence electrons. The minimum absolute atomic E-state index is 0.0468. The maximum absolute atomic E-state index is 15.9. The van der Waals surface area contributed by atoms with E-state index in [0.29, 0.717) is 60.0 Å². The molecule has 8 rings (SSSR count). The molecule has 3 atom stereocenters. The molecule has 6 heterocycles. The van der Waals surface area contributed by atoms with Crippen LogP contribution in [0.3, 0.4) is 0 Å². The van der Waals surface area contributed by atoms with Gasteiger partial charge in [-0.15, -0.1) is 0 Å². The van der Waals surface area contributed by atoms with E-state index < -0.39 is 23.6 Å². The van der Waals surface area contributed by atoms with Crippen LogP contribution in [0.15, 0.2) is 47.6 Å². The Morgan fingerprint density at radius 2 is 1.86 bits per heavy atom. The number of carbonyl (C=O) groups excluding carboxylic acids is 2. The number of aliphatic hydroxyl groups excluding tert-OH is 1. The second-order valence-corrected chi connectivity index (χ2v) is 16.9. The van der Waals surface area contributed by atoms with Crippen molar-refractivity contribution in [3.63, 3.8) is 0 Å². The number of pyridine rings is 1. The van der Waals surface area contributed by atoms with Gasteiger partial charge in [0.2, 0.25) is 5.91 Å². The Labute approximate surface area is 333 Å². The average molecular weight is 785 g/mol. The first-order valence-corrected chi connectivity index (χ1v) is 20.2. The largest absolute Gasteiger partial charge is 0.486 e. The number of aliphatic hydroxyl groups is 2. The van der Waals surface area contributed by atoms with E-state index in [1.807, 2.05) is 39.8 Å². The molecule has 1 amide bonds. The standard InChI is InChI=1S/C43H54FN7O6/c1-7-43(55)32-20-35-37-30(22-50(35)41(53)31(32)24-57-42(43)54)26(4)36-34(47-37)21-33(44)39-38(36)49(16-19-56-39)13-12-48-14-17-51(6,18-15-48)23-28-8-10-29(11-9-28)46-40(52)27(5)45-25(2)3/h8-11,20-21,25,27,41,45,53,55H,7,12-19,22-24H2,1-6H3/p+1/t27-,41+,43-/m0/s1. The van der Waals surface area contributed by atoms with E-state index in [0.717, 1.165) is 66.0 Å². The molecule has 1 aromatic heterocycles. The van der Waals surface area contributed by atoms with Crippen molar-refractivity contribution in [2.24, 2.45) is 0 Å². The van der Waals surface area contributed by atoms with Gasteiger partial charge >= 0.3 is 5.97 Å². The summed E-state index contributed by atoms with van der Waals surface area (Å²) in [7, 11) is 2.30. The van der Waals surface area contributed by atoms with Crippen LogP contribution in [0.25, 0.3) is 16.6 Å². The van der Waals surface area contributed by atoms with Crippen molar-refractivity contribution in [1.29, 1.82) is 0 Å². The average Bonchev–Trinajstić information content (AvgIpc) is 3.56. The monoisotopic (exact) mass is 784 g/mol. The van der Waals surface area contributed by atoms with Crippen molar-refractivity contribution in [1.82, 2.24) is 20.1 Å². The van der Waals surface area contributed by atoms with Gasteiger partial charge in [0.15, 0.2) is 23.4 Å². The lowest BCUT2D eigenvalue weighted by Crippen LogP contribution is -2.57. The molecule has 2 aromatic carbocycles. The van der Waals surface area contributed by atoms with Crippen LogP contribution in [0, 0.1) is 12.7 Å². The molecular weight excluding hydrogens is 730 g/mol. The number of esters is 1. The van der Waals surface area contributed by atoms with Gasteiger partial charge in [0.1, 0.15) is 19.8 Å². The van der Waals surface area contributed by atoms with Gasteiger partial charge in [-0.1, -0.05) is 32.9 Å². The number of cyclic esters (lactones) is 1. The summed E-state index contributed by atoms with van der Waals surface area (Å²) in [5.74, 6) is -1.01. The maximum atomic E-state index is 15.9. The second-order valence-electron chi connectivity index (χ2n) is 16.9. The first kappa shape index (κ1) is 39.2. The molecule has 1 fully saturated rings. The number of ether oxygens (including phenoxy) is 2. The molecule has 0 bridgehead atoms. The number of piperazine rings is 1. The van der Waals surface area contributed by atoms with Crippen LogP contribution < -0.4 is 20.3 Å². The molecule has 1 saturated heterocycles. The van der Waals surface area contributed by atoms with Gasteiger partial charge < -0.3 is 44.6 Å². The summed E-state index contributed by atoms with van der Waals surface area (Å²) in [6.45, 7) is 17.2. The van der Waals surface area contributed by atoms with Gasteiger partial charge in [-0.05, 0) is 44.0 Å². The zero-order valence-corrected chi connectivity index (χ0v) is 33.8. The molecule has 14 heteroatoms. The van der Waals surface area contributed by atoms with Gasteiger partial charge in [-0.2, -0.15) is 0 Å². The number of hydrogen-bond acceptors (Lipinski definition) is 11. The molecule has 4 N–H and O–H groups in total. The van der Waals surface area contributed by atoms with E-state index in [9.17, 15) is 19.8 Å². The Morgan fingerprint density at radius 1 is 1.12 bits per heavy atom. The fourth-order valence-corrected chi connectivity index (χ4v) is 9.17. The van der Waals surface area contributed by atoms with E-state index in [-0.39, 0.29) is 36.8 Å². The lowest BCUT2D eigenvalue weighted by atomic mass is 9.82. The van der Waals surface area contributed by atoms with Gasteiger partial charge in [0.25, 0.3) is 0 Å².